The second kappa shape index (κ2) is 9.66. The van der Waals surface area contributed by atoms with Crippen LogP contribution in [0.1, 0.15) is 0 Å². The Morgan fingerprint density at radius 2 is 1.04 bits per heavy atom. The largest absolute Gasteiger partial charge is 0.280 e. The first-order valence-electron chi connectivity index (χ1n) is 8.09. The topological polar surface area (TPSA) is 142 Å². The summed E-state index contributed by atoms with van der Waals surface area (Å²) in [5.74, 6) is 0. The lowest BCUT2D eigenvalue weighted by atomic mass is 10.3. The van der Waals surface area contributed by atoms with Gasteiger partial charge in [-0.2, -0.15) is 0 Å². The molecule has 2 aromatic rings. The number of nitrogens with zero attached hydrogens (tertiary/aromatic N) is 8. The molecule has 0 N–H and O–H groups in total. The lowest BCUT2D eigenvalue weighted by Gasteiger charge is -2.15. The predicted octanol–water partition coefficient (Wildman–Crippen LogP) is 4.06. The molecule has 0 aromatic heterocycles. The van der Waals surface area contributed by atoms with Crippen molar-refractivity contribution in [3.05, 3.63) is 68.8 Å². The van der Waals surface area contributed by atoms with Crippen molar-refractivity contribution in [2.24, 2.45) is 20.7 Å². The van der Waals surface area contributed by atoms with Gasteiger partial charge in [-0.1, -0.05) is 10.4 Å². The summed E-state index contributed by atoms with van der Waals surface area (Å²) in [6.45, 7) is 1.01. The van der Waals surface area contributed by atoms with Gasteiger partial charge in [-0.15, -0.1) is 10.2 Å². The zero-order valence-electron chi connectivity index (χ0n) is 15.2. The molecule has 0 atom stereocenters. The van der Waals surface area contributed by atoms with Crippen LogP contribution in [0.2, 0.25) is 0 Å². The summed E-state index contributed by atoms with van der Waals surface area (Å²) in [6, 6.07) is 11.5. The third-order valence-electron chi connectivity index (χ3n) is 3.49. The van der Waals surface area contributed by atoms with Gasteiger partial charge in [-0.25, -0.2) is 0 Å². The Kier molecular flexibility index (Phi) is 7.02. The standard InChI is InChI=1S/C16H18N8O4/c1-21(19-17-13-3-7-15(8-4-13)23(25)26)11-12-22(2)20-18-14-5-9-16(10-6-14)24(27)28/h3-10H,11-12H2,1-2H3. The summed E-state index contributed by atoms with van der Waals surface area (Å²) in [4.78, 5) is 20.3. The highest BCUT2D eigenvalue weighted by molar-refractivity contribution is 5.44. The van der Waals surface area contributed by atoms with Crippen molar-refractivity contribution in [2.45, 2.75) is 0 Å². The molecule has 0 fully saturated rings. The molecule has 0 amide bonds. The minimum atomic E-state index is -0.478. The molecule has 0 bridgehead atoms. The summed E-state index contributed by atoms with van der Waals surface area (Å²) < 4.78 is 0. The molecule has 0 unspecified atom stereocenters. The molecule has 0 aliphatic rings. The highest BCUT2D eigenvalue weighted by Crippen LogP contribution is 2.19. The van der Waals surface area contributed by atoms with Gasteiger partial charge in [0.2, 0.25) is 0 Å². The Bertz CT molecular complexity index is 794. The highest BCUT2D eigenvalue weighted by atomic mass is 16.6. The number of benzene rings is 2. The normalized spacial score (nSPS) is 11.1. The van der Waals surface area contributed by atoms with E-state index in [4.69, 9.17) is 0 Å². The zero-order valence-corrected chi connectivity index (χ0v) is 15.2. The van der Waals surface area contributed by atoms with Crippen molar-refractivity contribution in [3.8, 4) is 0 Å². The van der Waals surface area contributed by atoms with Crippen molar-refractivity contribution in [1.82, 2.24) is 10.0 Å². The van der Waals surface area contributed by atoms with Crippen LogP contribution >= 0.6 is 0 Å². The molecule has 0 aliphatic heterocycles. The molecule has 146 valence electrons. The van der Waals surface area contributed by atoms with Gasteiger partial charge in [0.05, 0.1) is 34.3 Å². The van der Waals surface area contributed by atoms with Gasteiger partial charge in [0.15, 0.2) is 0 Å². The molecular weight excluding hydrogens is 368 g/mol. The smallest absolute Gasteiger partial charge is 0.269 e. The first-order valence-corrected chi connectivity index (χ1v) is 8.09. The van der Waals surface area contributed by atoms with Crippen LogP contribution in [0.15, 0.2) is 69.2 Å². The van der Waals surface area contributed by atoms with Crippen molar-refractivity contribution in [3.63, 3.8) is 0 Å². The molecule has 0 heterocycles. The number of rotatable bonds is 9. The molecule has 2 aromatic carbocycles. The Labute approximate surface area is 160 Å². The van der Waals surface area contributed by atoms with Crippen LogP contribution in [-0.4, -0.2) is 47.0 Å². The van der Waals surface area contributed by atoms with Crippen LogP contribution in [0.4, 0.5) is 22.7 Å². The fourth-order valence-corrected chi connectivity index (χ4v) is 1.92. The van der Waals surface area contributed by atoms with Gasteiger partial charge >= 0.3 is 0 Å². The first kappa shape index (κ1) is 20.4. The fraction of sp³-hybridized carbons (Fsp3) is 0.250. The maximum Gasteiger partial charge on any atom is 0.269 e. The van der Waals surface area contributed by atoms with Gasteiger partial charge in [-0.3, -0.25) is 30.2 Å². The molecule has 28 heavy (non-hydrogen) atoms. The molecule has 12 nitrogen and oxygen atoms in total. The molecule has 0 aliphatic carbocycles. The van der Waals surface area contributed by atoms with E-state index in [1.165, 1.54) is 48.5 Å². The number of non-ortho nitro benzene ring substituents is 2. The van der Waals surface area contributed by atoms with Crippen LogP contribution in [0.3, 0.4) is 0 Å². The monoisotopic (exact) mass is 386 g/mol. The maximum absolute atomic E-state index is 10.6. The number of hydrogen-bond acceptors (Lipinski definition) is 8. The molecule has 0 saturated heterocycles. The fourth-order valence-electron chi connectivity index (χ4n) is 1.92. The third kappa shape index (κ3) is 6.40. The number of nitro benzene ring substituents is 2. The SMILES string of the molecule is CN(CCN(C)N=Nc1ccc([N+](=O)[O-])cc1)N=Nc1ccc([N+](=O)[O-])cc1. The second-order valence-electron chi connectivity index (χ2n) is 5.69. The molecule has 0 saturated carbocycles. The average molecular weight is 386 g/mol. The number of nitro groups is 2. The Morgan fingerprint density at radius 1 is 0.714 bits per heavy atom. The summed E-state index contributed by atoms with van der Waals surface area (Å²) in [7, 11) is 3.46. The highest BCUT2D eigenvalue weighted by Gasteiger charge is 2.05. The van der Waals surface area contributed by atoms with E-state index >= 15 is 0 Å². The third-order valence-corrected chi connectivity index (χ3v) is 3.49. The number of hydrogen-bond donors (Lipinski definition) is 0. The quantitative estimate of drug-likeness (QED) is 0.361. The zero-order chi connectivity index (χ0) is 20.5. The molecule has 0 radical (unpaired) electrons. The molecular formula is C16H18N8O4. The van der Waals surface area contributed by atoms with E-state index in [1.807, 2.05) is 0 Å². The summed E-state index contributed by atoms with van der Waals surface area (Å²) in [5, 5.41) is 40.4. The maximum atomic E-state index is 10.6. The van der Waals surface area contributed by atoms with Crippen molar-refractivity contribution >= 4 is 22.7 Å². The van der Waals surface area contributed by atoms with E-state index in [-0.39, 0.29) is 11.4 Å². The lowest BCUT2D eigenvalue weighted by molar-refractivity contribution is -0.385. The van der Waals surface area contributed by atoms with Crippen molar-refractivity contribution in [1.29, 1.82) is 0 Å². The minimum Gasteiger partial charge on any atom is -0.280 e. The summed E-state index contributed by atoms with van der Waals surface area (Å²) in [5.41, 5.74) is 0.993. The lowest BCUT2D eigenvalue weighted by Crippen LogP contribution is -2.24. The van der Waals surface area contributed by atoms with Gasteiger partial charge < -0.3 is 0 Å². The van der Waals surface area contributed by atoms with E-state index in [9.17, 15) is 20.2 Å². The number of likely N-dealkylation sites (N-methyl/N-ethyl adjacent to an activating group) is 2. The Balaban J connectivity index is 1.80. The minimum absolute atomic E-state index is 0.00712. The van der Waals surface area contributed by atoms with E-state index < -0.39 is 9.85 Å². The van der Waals surface area contributed by atoms with Crippen LogP contribution in [-0.2, 0) is 0 Å². The summed E-state index contributed by atoms with van der Waals surface area (Å²) >= 11 is 0. The van der Waals surface area contributed by atoms with Crippen LogP contribution < -0.4 is 0 Å². The molecule has 0 spiro atoms. The van der Waals surface area contributed by atoms with Crippen LogP contribution in [0.25, 0.3) is 0 Å². The van der Waals surface area contributed by atoms with Crippen molar-refractivity contribution < 1.29 is 9.85 Å². The molecule has 2 rings (SSSR count). The van der Waals surface area contributed by atoms with Crippen molar-refractivity contribution in [2.75, 3.05) is 27.2 Å². The Morgan fingerprint density at radius 3 is 1.32 bits per heavy atom. The predicted molar refractivity (Wildman–Crippen MR) is 100 cm³/mol. The van der Waals surface area contributed by atoms with E-state index in [0.717, 1.165) is 0 Å². The first-order chi connectivity index (χ1) is 13.3. The second-order valence-corrected chi connectivity index (χ2v) is 5.69. The van der Waals surface area contributed by atoms with Gasteiger partial charge in [0.1, 0.15) is 0 Å². The van der Waals surface area contributed by atoms with E-state index in [2.05, 4.69) is 20.7 Å². The van der Waals surface area contributed by atoms with E-state index in [0.29, 0.717) is 24.5 Å². The summed E-state index contributed by atoms with van der Waals surface area (Å²) in [6.07, 6.45) is 0. The molecule has 12 heteroatoms. The van der Waals surface area contributed by atoms with Gasteiger partial charge in [-0.05, 0) is 24.3 Å². The van der Waals surface area contributed by atoms with Crippen LogP contribution in [0, 0.1) is 20.2 Å². The van der Waals surface area contributed by atoms with Gasteiger partial charge in [0, 0.05) is 38.4 Å². The Hall–Kier alpha value is -3.96. The average Bonchev–Trinajstić information content (AvgIpc) is 2.69. The van der Waals surface area contributed by atoms with E-state index in [1.54, 1.807) is 24.1 Å². The van der Waals surface area contributed by atoms with Crippen LogP contribution in [0.5, 0.6) is 0 Å². The van der Waals surface area contributed by atoms with Gasteiger partial charge in [0.25, 0.3) is 11.4 Å².